The maximum atomic E-state index is 11.9. The zero-order valence-electron chi connectivity index (χ0n) is 12.1. The topological polar surface area (TPSA) is 89.2 Å². The molecule has 7 heteroatoms. The lowest BCUT2D eigenvalue weighted by atomic mass is 9.94. The highest BCUT2D eigenvalue weighted by molar-refractivity contribution is 5.30. The van der Waals surface area contributed by atoms with Gasteiger partial charge in [-0.1, -0.05) is 25.7 Å². The maximum Gasteiger partial charge on any atom is 0.346 e. The lowest BCUT2D eigenvalue weighted by Crippen LogP contribution is -2.42. The molecule has 2 N–H and O–H groups in total. The fourth-order valence-electron chi connectivity index (χ4n) is 2.62. The summed E-state index contributed by atoms with van der Waals surface area (Å²) < 4.78 is 2.12. The van der Waals surface area contributed by atoms with Crippen molar-refractivity contribution in [3.8, 4) is 0 Å². The van der Waals surface area contributed by atoms with Crippen LogP contribution >= 0.6 is 0 Å². The minimum atomic E-state index is -0.794. The zero-order valence-corrected chi connectivity index (χ0v) is 12.1. The predicted octanol–water partition coefficient (Wildman–Crippen LogP) is -0.0238. The SMILES string of the molecule is Cn1nc(NCC2(O)CCCCCC2)c(=O)n(C)c1=O. The lowest BCUT2D eigenvalue weighted by molar-refractivity contribution is 0.0380. The van der Waals surface area contributed by atoms with Gasteiger partial charge in [-0.15, -0.1) is 5.10 Å². The van der Waals surface area contributed by atoms with E-state index in [4.69, 9.17) is 0 Å². The van der Waals surface area contributed by atoms with Crippen LogP contribution in [0.15, 0.2) is 9.59 Å². The van der Waals surface area contributed by atoms with Crippen molar-refractivity contribution in [1.82, 2.24) is 14.3 Å². The Morgan fingerprint density at radius 2 is 1.80 bits per heavy atom. The summed E-state index contributed by atoms with van der Waals surface area (Å²) >= 11 is 0. The molecule has 0 bridgehead atoms. The second kappa shape index (κ2) is 5.78. The summed E-state index contributed by atoms with van der Waals surface area (Å²) in [5, 5.41) is 17.4. The molecule has 0 spiro atoms. The molecule has 1 fully saturated rings. The molecule has 1 aliphatic rings. The standard InChI is InChI=1S/C13H22N4O3/c1-16-11(18)10(15-17(2)12(16)19)14-9-13(20)7-5-3-4-6-8-13/h20H,3-9H2,1-2H3,(H,14,15). The van der Waals surface area contributed by atoms with Crippen LogP contribution in [-0.2, 0) is 14.1 Å². The smallest absolute Gasteiger partial charge is 0.346 e. The van der Waals surface area contributed by atoms with Gasteiger partial charge in [0.05, 0.1) is 5.60 Å². The van der Waals surface area contributed by atoms with Crippen LogP contribution in [0.4, 0.5) is 5.82 Å². The van der Waals surface area contributed by atoms with Crippen molar-refractivity contribution in [2.75, 3.05) is 11.9 Å². The van der Waals surface area contributed by atoms with Crippen LogP contribution in [0.2, 0.25) is 0 Å². The predicted molar refractivity (Wildman–Crippen MR) is 75.9 cm³/mol. The molecule has 112 valence electrons. The minimum absolute atomic E-state index is 0.104. The monoisotopic (exact) mass is 282 g/mol. The van der Waals surface area contributed by atoms with Crippen LogP contribution in [0, 0.1) is 0 Å². The van der Waals surface area contributed by atoms with Crippen molar-refractivity contribution < 1.29 is 5.11 Å². The third-order valence-corrected chi connectivity index (χ3v) is 3.94. The van der Waals surface area contributed by atoms with E-state index in [0.29, 0.717) is 0 Å². The first-order chi connectivity index (χ1) is 9.43. The van der Waals surface area contributed by atoms with Gasteiger partial charge in [0.1, 0.15) is 0 Å². The Morgan fingerprint density at radius 3 is 2.40 bits per heavy atom. The highest BCUT2D eigenvalue weighted by atomic mass is 16.3. The van der Waals surface area contributed by atoms with Crippen molar-refractivity contribution >= 4 is 5.82 Å². The van der Waals surface area contributed by atoms with Crippen molar-refractivity contribution in [3.63, 3.8) is 0 Å². The molecular weight excluding hydrogens is 260 g/mol. The summed E-state index contributed by atoms with van der Waals surface area (Å²) in [6, 6.07) is 0. The number of anilines is 1. The summed E-state index contributed by atoms with van der Waals surface area (Å²) in [5.74, 6) is 0.104. The van der Waals surface area contributed by atoms with E-state index in [2.05, 4.69) is 10.4 Å². The molecule has 7 nitrogen and oxygen atoms in total. The van der Waals surface area contributed by atoms with Crippen molar-refractivity contribution in [2.24, 2.45) is 14.1 Å². The number of aliphatic hydroxyl groups is 1. The molecule has 1 saturated carbocycles. The molecule has 0 amide bonds. The van der Waals surface area contributed by atoms with E-state index in [1.165, 1.54) is 14.1 Å². The van der Waals surface area contributed by atoms with Gasteiger partial charge in [0, 0.05) is 20.6 Å². The third-order valence-electron chi connectivity index (χ3n) is 3.94. The van der Waals surface area contributed by atoms with E-state index in [1.54, 1.807) is 0 Å². The Hall–Kier alpha value is -1.63. The van der Waals surface area contributed by atoms with E-state index in [1.807, 2.05) is 0 Å². The van der Waals surface area contributed by atoms with Gasteiger partial charge in [-0.25, -0.2) is 9.48 Å². The Kier molecular flexibility index (Phi) is 4.27. The van der Waals surface area contributed by atoms with Gasteiger partial charge >= 0.3 is 5.69 Å². The lowest BCUT2D eigenvalue weighted by Gasteiger charge is -2.26. The number of aromatic nitrogens is 3. The summed E-state index contributed by atoms with van der Waals surface area (Å²) in [7, 11) is 2.91. The molecule has 1 heterocycles. The van der Waals surface area contributed by atoms with Gasteiger partial charge in [-0.3, -0.25) is 9.36 Å². The molecule has 1 aliphatic carbocycles. The average molecular weight is 282 g/mol. The van der Waals surface area contributed by atoms with Crippen LogP contribution in [0.3, 0.4) is 0 Å². The highest BCUT2D eigenvalue weighted by Crippen LogP contribution is 2.26. The maximum absolute atomic E-state index is 11.9. The molecular formula is C13H22N4O3. The summed E-state index contributed by atoms with van der Waals surface area (Å²) in [6.07, 6.45) is 5.73. The molecule has 0 saturated heterocycles. The number of hydrogen-bond donors (Lipinski definition) is 2. The molecule has 1 aromatic heterocycles. The summed E-state index contributed by atoms with van der Waals surface area (Å²) in [4.78, 5) is 23.5. The molecule has 20 heavy (non-hydrogen) atoms. The Labute approximate surface area is 117 Å². The second-order valence-corrected chi connectivity index (χ2v) is 5.61. The Balaban J connectivity index is 2.15. The van der Waals surface area contributed by atoms with E-state index >= 15 is 0 Å². The highest BCUT2D eigenvalue weighted by Gasteiger charge is 2.28. The van der Waals surface area contributed by atoms with E-state index in [0.717, 1.165) is 47.8 Å². The first kappa shape index (κ1) is 14.8. The quantitative estimate of drug-likeness (QED) is 0.760. The van der Waals surface area contributed by atoms with Gasteiger partial charge in [0.2, 0.25) is 5.82 Å². The summed E-state index contributed by atoms with van der Waals surface area (Å²) in [5.41, 5.74) is -1.73. The van der Waals surface area contributed by atoms with E-state index < -0.39 is 16.9 Å². The zero-order chi connectivity index (χ0) is 14.8. The third kappa shape index (κ3) is 3.09. The van der Waals surface area contributed by atoms with Gasteiger partial charge in [0.25, 0.3) is 5.56 Å². The van der Waals surface area contributed by atoms with Crippen molar-refractivity contribution in [3.05, 3.63) is 20.8 Å². The molecule has 0 unspecified atom stereocenters. The summed E-state index contributed by atoms with van der Waals surface area (Å²) in [6.45, 7) is 0.285. The number of hydrogen-bond acceptors (Lipinski definition) is 5. The first-order valence-electron chi connectivity index (χ1n) is 7.03. The molecule has 0 atom stereocenters. The molecule has 0 aliphatic heterocycles. The van der Waals surface area contributed by atoms with Gasteiger partial charge < -0.3 is 10.4 Å². The second-order valence-electron chi connectivity index (χ2n) is 5.61. The Morgan fingerprint density at radius 1 is 1.20 bits per heavy atom. The fraction of sp³-hybridized carbons (Fsp3) is 0.769. The van der Waals surface area contributed by atoms with Crippen molar-refractivity contribution in [2.45, 2.75) is 44.1 Å². The van der Waals surface area contributed by atoms with Gasteiger partial charge in [0.15, 0.2) is 0 Å². The molecule has 0 aromatic carbocycles. The van der Waals surface area contributed by atoms with Gasteiger partial charge in [-0.2, -0.15) is 0 Å². The fourth-order valence-corrected chi connectivity index (χ4v) is 2.62. The van der Waals surface area contributed by atoms with E-state index in [-0.39, 0.29) is 12.4 Å². The normalized spacial score (nSPS) is 18.6. The van der Waals surface area contributed by atoms with Crippen LogP contribution in [0.1, 0.15) is 38.5 Å². The Bertz CT molecular complexity index is 582. The van der Waals surface area contributed by atoms with Crippen LogP contribution in [0.5, 0.6) is 0 Å². The molecule has 2 rings (SSSR count). The van der Waals surface area contributed by atoms with Crippen LogP contribution in [-0.4, -0.2) is 31.6 Å². The molecule has 1 aromatic rings. The van der Waals surface area contributed by atoms with E-state index in [9.17, 15) is 14.7 Å². The largest absolute Gasteiger partial charge is 0.388 e. The van der Waals surface area contributed by atoms with Crippen LogP contribution < -0.4 is 16.6 Å². The molecule has 0 radical (unpaired) electrons. The van der Waals surface area contributed by atoms with Crippen molar-refractivity contribution in [1.29, 1.82) is 0 Å². The average Bonchev–Trinajstić information content (AvgIpc) is 2.64. The first-order valence-corrected chi connectivity index (χ1v) is 7.03. The number of aryl methyl sites for hydroxylation is 1. The number of nitrogens with zero attached hydrogens (tertiary/aromatic N) is 3. The minimum Gasteiger partial charge on any atom is -0.388 e. The van der Waals surface area contributed by atoms with Crippen LogP contribution in [0.25, 0.3) is 0 Å². The van der Waals surface area contributed by atoms with Gasteiger partial charge in [-0.05, 0) is 12.8 Å². The number of rotatable bonds is 3. The number of nitrogens with one attached hydrogen (secondary N) is 1.